The van der Waals surface area contributed by atoms with Crippen LogP contribution >= 0.6 is 0 Å². The first-order valence-electron chi connectivity index (χ1n) is 28.7. The molecule has 2 aromatic heterocycles. The number of hydrogen-bond acceptors (Lipinski definition) is 3. The lowest BCUT2D eigenvalue weighted by Crippen LogP contribution is -2.12. The van der Waals surface area contributed by atoms with E-state index >= 15 is 0 Å². The fourth-order valence-corrected chi connectivity index (χ4v) is 7.20. The predicted molar refractivity (Wildman–Crippen MR) is 249 cm³/mol. The first-order chi connectivity index (χ1) is 35.9. The molecule has 4 heteroatoms. The van der Waals surface area contributed by atoms with Gasteiger partial charge in [-0.15, -0.1) is 0 Å². The lowest BCUT2D eigenvalue weighted by Gasteiger charge is -2.24. The molecule has 1 N–H and O–H groups in total. The average molecular weight is 793 g/mol. The van der Waals surface area contributed by atoms with E-state index in [1.165, 1.54) is 12.1 Å². The van der Waals surface area contributed by atoms with Crippen molar-refractivity contribution in [2.24, 2.45) is 0 Å². The molecule has 0 spiro atoms. The number of pyridine rings is 1. The van der Waals surface area contributed by atoms with Crippen LogP contribution in [-0.4, -0.2) is 19.6 Å². The molecular formula is C55H55N3O. The molecule has 0 atom stereocenters. The zero-order valence-electron chi connectivity index (χ0n) is 52.6. The van der Waals surface area contributed by atoms with Crippen molar-refractivity contribution in [2.75, 3.05) is 0 Å². The molecule has 8 aromatic rings. The third-order valence-corrected chi connectivity index (χ3v) is 10.4. The lowest BCUT2D eigenvalue weighted by atomic mass is 9.83. The van der Waals surface area contributed by atoms with Crippen LogP contribution in [-0.2, 0) is 16.2 Å². The van der Waals surface area contributed by atoms with Gasteiger partial charge in [-0.3, -0.25) is 9.55 Å². The van der Waals surface area contributed by atoms with E-state index in [2.05, 4.69) is 25.8 Å². The lowest BCUT2D eigenvalue weighted by molar-refractivity contribution is 0.448. The molecule has 0 bridgehead atoms. The summed E-state index contributed by atoms with van der Waals surface area (Å²) in [7, 11) is 0. The molecule has 0 unspecified atom stereocenters. The number of rotatable bonds is 6. The number of imidazole rings is 1. The van der Waals surface area contributed by atoms with Gasteiger partial charge < -0.3 is 5.11 Å². The van der Waals surface area contributed by atoms with Gasteiger partial charge in [0.05, 0.1) is 37.6 Å². The van der Waals surface area contributed by atoms with Gasteiger partial charge in [-0.25, -0.2) is 4.98 Å². The minimum absolute atomic E-state index is 0.0331. The molecule has 0 amide bonds. The van der Waals surface area contributed by atoms with Gasteiger partial charge >= 0.3 is 0 Å². The molecule has 0 saturated carbocycles. The Morgan fingerprint density at radius 2 is 1.31 bits per heavy atom. The maximum absolute atomic E-state index is 12.5. The number of phenols is 1. The van der Waals surface area contributed by atoms with Crippen LogP contribution in [0.3, 0.4) is 0 Å². The highest BCUT2D eigenvalue weighted by Crippen LogP contribution is 2.44. The predicted octanol–water partition coefficient (Wildman–Crippen LogP) is 14.7. The molecule has 6 aromatic carbocycles. The summed E-state index contributed by atoms with van der Waals surface area (Å²) in [5.74, 6) is -0.971. The van der Waals surface area contributed by atoms with E-state index in [-0.39, 0.29) is 33.6 Å². The van der Waals surface area contributed by atoms with Gasteiger partial charge in [-0.05, 0) is 111 Å². The van der Waals surface area contributed by atoms with Crippen LogP contribution in [0.1, 0.15) is 110 Å². The molecule has 0 aliphatic rings. The van der Waals surface area contributed by atoms with Crippen LogP contribution in [0.2, 0.25) is 0 Å². The van der Waals surface area contributed by atoms with Crippen LogP contribution < -0.4 is 0 Å². The minimum Gasteiger partial charge on any atom is -0.507 e. The summed E-state index contributed by atoms with van der Waals surface area (Å²) >= 11 is 0. The highest BCUT2D eigenvalue weighted by Gasteiger charge is 2.27. The molecular weight excluding hydrogens is 719 g/mol. The van der Waals surface area contributed by atoms with Crippen molar-refractivity contribution in [2.45, 2.75) is 85.2 Å². The molecule has 0 saturated heterocycles. The second-order valence-corrected chi connectivity index (χ2v) is 16.7. The van der Waals surface area contributed by atoms with E-state index < -0.39 is 109 Å². The Kier molecular flexibility index (Phi) is 5.73. The van der Waals surface area contributed by atoms with Crippen molar-refractivity contribution in [3.05, 3.63) is 168 Å². The summed E-state index contributed by atoms with van der Waals surface area (Å²) < 4.78 is 164. The standard InChI is InChI=1S/C55H55N3O/c1-35-22-24-36(25-23-35)38-28-29-56-47(33-38)40-30-39(31-42(32-40)54(5,6)7)43-18-15-21-49-50(43)57-52(44-19-14-20-46(51(44)59)55(8,9)10)58(49)48-27-26-41(53(2,3)4)34-45(48)37-16-12-11-13-17-37/h11-34,59H,1-10H3/i1D3,8D3,9D3,10D3,22D,23D,24D,25D,28D,29D,33D. The number of phenolic OH excluding ortho intramolecular Hbond substituents is 1. The van der Waals surface area contributed by atoms with Gasteiger partial charge in [0.2, 0.25) is 0 Å². The van der Waals surface area contributed by atoms with Crippen molar-refractivity contribution < 1.29 is 31.2 Å². The van der Waals surface area contributed by atoms with Crippen molar-refractivity contribution in [1.29, 1.82) is 0 Å². The van der Waals surface area contributed by atoms with Crippen LogP contribution in [0.4, 0.5) is 0 Å². The molecule has 8 rings (SSSR count). The van der Waals surface area contributed by atoms with Crippen molar-refractivity contribution in [3.8, 4) is 67.5 Å². The SMILES string of the molecule is [2H]c1nc(-c2cc(-c3cccc4c3nc(-c3cccc(C(C([2H])([2H])[2H])(C([2H])([2H])[2H])C([2H])([2H])[2H])c3O)n4-c3ccc(C(C)(C)C)cc3-c3ccccc3)cc(C(C)(C)C)c2)c([2H])c(-c2c([2H])c([2H])c(C([2H])([2H])[2H])c([2H])c2[2H])c1[2H]. The molecule has 0 aliphatic carbocycles. The Bertz CT molecular complexity index is 3620. The second-order valence-electron chi connectivity index (χ2n) is 16.7. The molecule has 59 heavy (non-hydrogen) atoms. The van der Waals surface area contributed by atoms with Gasteiger partial charge in [-0.2, -0.15) is 0 Å². The maximum Gasteiger partial charge on any atom is 0.149 e. The normalized spacial score (nSPS) is 17.8. The fourth-order valence-electron chi connectivity index (χ4n) is 7.20. The molecule has 0 fully saturated rings. The highest BCUT2D eigenvalue weighted by atomic mass is 16.3. The Morgan fingerprint density at radius 3 is 2.02 bits per heavy atom. The highest BCUT2D eigenvalue weighted by molar-refractivity contribution is 5.98. The Morgan fingerprint density at radius 1 is 0.593 bits per heavy atom. The van der Waals surface area contributed by atoms with Crippen LogP contribution in [0, 0.1) is 6.85 Å². The van der Waals surface area contributed by atoms with Crippen LogP contribution in [0.15, 0.2) is 146 Å². The summed E-state index contributed by atoms with van der Waals surface area (Å²) in [5.41, 5.74) is -2.19. The first-order valence-corrected chi connectivity index (χ1v) is 19.2. The number of benzene rings is 6. The van der Waals surface area contributed by atoms with E-state index in [1.54, 1.807) is 34.9 Å². The Balaban J connectivity index is 1.50. The third kappa shape index (κ3) is 7.72. The zero-order chi connectivity index (χ0) is 57.9. The smallest absolute Gasteiger partial charge is 0.149 e. The van der Waals surface area contributed by atoms with E-state index in [1.807, 2.05) is 75.4 Å². The van der Waals surface area contributed by atoms with Gasteiger partial charge in [0.15, 0.2) is 0 Å². The molecule has 296 valence electrons. The number of hydrogen-bond donors (Lipinski definition) is 1. The van der Waals surface area contributed by atoms with Gasteiger partial charge in [0.25, 0.3) is 0 Å². The average Bonchev–Trinajstić information content (AvgIpc) is 3.89. The Labute approximate surface area is 377 Å². The van der Waals surface area contributed by atoms with E-state index in [4.69, 9.17) is 29.7 Å². The van der Waals surface area contributed by atoms with Crippen molar-refractivity contribution >= 4 is 11.0 Å². The summed E-state index contributed by atoms with van der Waals surface area (Å²) in [6.07, 6.45) is -0.672. The van der Waals surface area contributed by atoms with Gasteiger partial charge in [-0.1, -0.05) is 159 Å². The minimum atomic E-state index is -3.71. The third-order valence-electron chi connectivity index (χ3n) is 10.4. The second kappa shape index (κ2) is 14.8. The molecule has 2 heterocycles. The van der Waals surface area contributed by atoms with Crippen molar-refractivity contribution in [1.82, 2.24) is 14.5 Å². The number of para-hydroxylation sites is 2. The van der Waals surface area contributed by atoms with E-state index in [0.717, 1.165) is 17.2 Å². The topological polar surface area (TPSA) is 50.9 Å². The summed E-state index contributed by atoms with van der Waals surface area (Å²) in [5, 5.41) is 12.5. The molecule has 0 aliphatic heterocycles. The fraction of sp³-hybridized carbons (Fsp3) is 0.236. The number of fused-ring (bicyclic) bond motifs is 1. The molecule has 4 nitrogen and oxygen atoms in total. The number of aromatic nitrogens is 3. The summed E-state index contributed by atoms with van der Waals surface area (Å²) in [6.45, 7) is -2.19. The largest absolute Gasteiger partial charge is 0.507 e. The van der Waals surface area contributed by atoms with Gasteiger partial charge in [0.1, 0.15) is 11.6 Å². The maximum atomic E-state index is 12.5. The summed E-state index contributed by atoms with van der Waals surface area (Å²) in [4.78, 5) is 9.60. The Hall–Kier alpha value is -6.26. The quantitative estimate of drug-likeness (QED) is 0.182. The summed E-state index contributed by atoms with van der Waals surface area (Å²) in [6, 6.07) is 24.9. The monoisotopic (exact) mass is 793 g/mol. The molecule has 0 radical (unpaired) electrons. The zero-order valence-corrected chi connectivity index (χ0v) is 33.6. The van der Waals surface area contributed by atoms with E-state index in [9.17, 15) is 6.48 Å². The number of nitrogens with zero attached hydrogens (tertiary/aromatic N) is 3. The first kappa shape index (κ1) is 22.8. The van der Waals surface area contributed by atoms with Crippen LogP contribution in [0.5, 0.6) is 5.75 Å². The van der Waals surface area contributed by atoms with E-state index in [0.29, 0.717) is 33.5 Å². The van der Waals surface area contributed by atoms with Gasteiger partial charge in [0, 0.05) is 39.3 Å². The number of aromatic hydroxyl groups is 1. The van der Waals surface area contributed by atoms with Crippen LogP contribution in [0.25, 0.3) is 72.7 Å². The van der Waals surface area contributed by atoms with Crippen molar-refractivity contribution in [3.63, 3.8) is 0 Å².